The number of nitrogens with one attached hydrogen (secondary N) is 1. The van der Waals surface area contributed by atoms with Gasteiger partial charge in [0.15, 0.2) is 5.82 Å². The molecule has 154 valence electrons. The van der Waals surface area contributed by atoms with Crippen LogP contribution in [0.3, 0.4) is 0 Å². The summed E-state index contributed by atoms with van der Waals surface area (Å²) < 4.78 is 0. The molecule has 4 N–H and O–H groups in total. The highest BCUT2D eigenvalue weighted by molar-refractivity contribution is 5.97. The van der Waals surface area contributed by atoms with Crippen LogP contribution in [0.1, 0.15) is 11.4 Å². The molecule has 0 aliphatic rings. The molecule has 5 rings (SSSR count). The Hall–Kier alpha value is -3.61. The van der Waals surface area contributed by atoms with Crippen LogP contribution in [0.5, 0.6) is 0 Å². The van der Waals surface area contributed by atoms with Gasteiger partial charge in [0.25, 0.3) is 0 Å². The molecule has 0 saturated heterocycles. The van der Waals surface area contributed by atoms with Crippen molar-refractivity contribution in [3.05, 3.63) is 84.3 Å². The maximum absolute atomic E-state index is 5.05. The number of fused-ring (bicyclic) bond motifs is 1. The highest BCUT2D eigenvalue weighted by Gasteiger charge is 2.16. The molecule has 31 heavy (non-hydrogen) atoms. The summed E-state index contributed by atoms with van der Waals surface area (Å²) in [6, 6.07) is 22.8. The van der Waals surface area contributed by atoms with E-state index in [0.717, 1.165) is 51.4 Å². The summed E-state index contributed by atoms with van der Waals surface area (Å²) in [5.41, 5.74) is 10.9. The summed E-state index contributed by atoms with van der Waals surface area (Å²) in [6.07, 6.45) is 1.76. The van der Waals surface area contributed by atoms with E-state index in [2.05, 4.69) is 68.4 Å². The Morgan fingerprint density at radius 1 is 0.871 bits per heavy atom. The molecule has 0 amide bonds. The van der Waals surface area contributed by atoms with Gasteiger partial charge in [-0.2, -0.15) is 5.10 Å². The summed E-state index contributed by atoms with van der Waals surface area (Å²) in [6.45, 7) is 2.64. The number of hydrogen-bond donors (Lipinski definition) is 2. The van der Waals surface area contributed by atoms with Crippen molar-refractivity contribution in [2.24, 2.45) is 0 Å². The Morgan fingerprint density at radius 3 is 2.32 bits per heavy atom. The zero-order valence-electron chi connectivity index (χ0n) is 17.0. The van der Waals surface area contributed by atoms with Crippen LogP contribution in [0.25, 0.3) is 44.8 Å². The van der Waals surface area contributed by atoms with E-state index in [9.17, 15) is 0 Å². The van der Waals surface area contributed by atoms with E-state index in [1.54, 1.807) is 6.20 Å². The molecule has 3 heterocycles. The Morgan fingerprint density at radius 2 is 1.65 bits per heavy atom. The van der Waals surface area contributed by atoms with Gasteiger partial charge in [0.05, 0.1) is 17.8 Å². The van der Waals surface area contributed by atoms with Crippen LogP contribution in [0.2, 0.25) is 0 Å². The second kappa shape index (κ2) is 8.63. The third-order valence-corrected chi connectivity index (χ3v) is 5.15. The maximum atomic E-state index is 5.05. The topological polar surface area (TPSA) is 95.0 Å². The number of aryl methyl sites for hydroxylation is 1. The van der Waals surface area contributed by atoms with Crippen molar-refractivity contribution in [3.63, 3.8) is 0 Å². The lowest BCUT2D eigenvalue weighted by atomic mass is 9.96. The van der Waals surface area contributed by atoms with Crippen molar-refractivity contribution in [1.29, 1.82) is 0 Å². The average molecular weight is 429 g/mol. The van der Waals surface area contributed by atoms with Crippen molar-refractivity contribution in [2.45, 2.75) is 13.5 Å². The van der Waals surface area contributed by atoms with Crippen molar-refractivity contribution in [2.75, 3.05) is 0 Å². The van der Waals surface area contributed by atoms with Crippen LogP contribution < -0.4 is 18.1 Å². The lowest BCUT2D eigenvalue weighted by Gasteiger charge is -2.13. The molecule has 0 bridgehead atoms. The van der Waals surface area contributed by atoms with Gasteiger partial charge in [-0.15, -0.1) is 0 Å². The van der Waals surface area contributed by atoms with E-state index in [0.29, 0.717) is 5.82 Å². The lowest BCUT2D eigenvalue weighted by molar-refractivity contribution is -0.386. The maximum Gasteiger partial charge on any atom is 0.200 e. The van der Waals surface area contributed by atoms with Crippen LogP contribution in [-0.2, 0) is 6.54 Å². The van der Waals surface area contributed by atoms with Gasteiger partial charge in [-0.25, -0.2) is 9.97 Å². The van der Waals surface area contributed by atoms with Crippen LogP contribution in [0, 0.1) is 6.92 Å². The van der Waals surface area contributed by atoms with Gasteiger partial charge < -0.3 is 18.1 Å². The minimum atomic E-state index is 0. The summed E-state index contributed by atoms with van der Waals surface area (Å²) in [5.74, 6) is 1.33. The minimum absolute atomic E-state index is 0. The number of aromatic nitrogens is 5. The van der Waals surface area contributed by atoms with Gasteiger partial charge in [-0.05, 0) is 24.6 Å². The molecule has 3 aromatic heterocycles. The first-order valence-electron chi connectivity index (χ1n) is 9.86. The van der Waals surface area contributed by atoms with Crippen LogP contribution in [0.4, 0.5) is 0 Å². The average Bonchev–Trinajstić information content (AvgIpc) is 3.24. The number of rotatable bonds is 4. The fraction of sp³-hybridized carbons (Fsp3) is 0.0833. The van der Waals surface area contributed by atoms with E-state index in [1.165, 1.54) is 5.56 Å². The number of halogens is 1. The van der Waals surface area contributed by atoms with Crippen molar-refractivity contribution < 1.29 is 18.1 Å². The molecule has 0 radical (unpaired) electrons. The molecule has 5 aromatic rings. The first kappa shape index (κ1) is 20.7. The largest absolute Gasteiger partial charge is 1.00 e. The van der Waals surface area contributed by atoms with Crippen molar-refractivity contribution in [3.8, 4) is 33.9 Å². The Labute approximate surface area is 186 Å². The van der Waals surface area contributed by atoms with E-state index in [1.807, 2.05) is 31.2 Å². The van der Waals surface area contributed by atoms with Crippen molar-refractivity contribution >= 4 is 10.9 Å². The fourth-order valence-corrected chi connectivity index (χ4v) is 3.61. The van der Waals surface area contributed by atoms with Crippen molar-refractivity contribution in [1.82, 2.24) is 25.1 Å². The van der Waals surface area contributed by atoms with Gasteiger partial charge in [0, 0.05) is 28.3 Å². The fourth-order valence-electron chi connectivity index (χ4n) is 3.61. The van der Waals surface area contributed by atoms with Crippen LogP contribution in [0.15, 0.2) is 72.9 Å². The monoisotopic (exact) mass is 428 g/mol. The Bertz CT molecular complexity index is 1330. The molecule has 7 heteroatoms. The Balaban J connectivity index is 0.00000231. The predicted octanol–water partition coefficient (Wildman–Crippen LogP) is 0.803. The third kappa shape index (κ3) is 3.91. The molecular weight excluding hydrogens is 408 g/mol. The third-order valence-electron chi connectivity index (χ3n) is 5.15. The van der Waals surface area contributed by atoms with Gasteiger partial charge in [0.2, 0.25) is 0 Å². The molecular formula is C24H21ClN6. The molecule has 0 spiro atoms. The first-order chi connectivity index (χ1) is 14.7. The first-order valence-corrected chi connectivity index (χ1v) is 9.86. The predicted molar refractivity (Wildman–Crippen MR) is 117 cm³/mol. The van der Waals surface area contributed by atoms with E-state index in [-0.39, 0.29) is 12.4 Å². The number of aromatic amines is 1. The molecule has 6 nitrogen and oxygen atoms in total. The van der Waals surface area contributed by atoms with Gasteiger partial charge in [0.1, 0.15) is 11.5 Å². The molecule has 0 saturated carbocycles. The smallest absolute Gasteiger partial charge is 0.200 e. The Kier molecular flexibility index (Phi) is 5.75. The summed E-state index contributed by atoms with van der Waals surface area (Å²) in [4.78, 5) is 14.1. The molecule has 0 unspecified atom stereocenters. The number of benzene rings is 2. The zero-order valence-corrected chi connectivity index (χ0v) is 17.8. The highest BCUT2D eigenvalue weighted by Crippen LogP contribution is 2.35. The number of nitrogens with zero attached hydrogens (tertiary/aromatic N) is 4. The van der Waals surface area contributed by atoms with E-state index in [4.69, 9.17) is 4.98 Å². The molecule has 2 aromatic carbocycles. The summed E-state index contributed by atoms with van der Waals surface area (Å²) in [7, 11) is 0. The van der Waals surface area contributed by atoms with Gasteiger partial charge in [-0.3, -0.25) is 10.1 Å². The van der Waals surface area contributed by atoms with E-state index >= 15 is 0 Å². The van der Waals surface area contributed by atoms with E-state index < -0.39 is 0 Å². The molecule has 0 aliphatic heterocycles. The summed E-state index contributed by atoms with van der Waals surface area (Å²) in [5, 5.41) is 8.13. The number of H-pyrrole nitrogens is 1. The van der Waals surface area contributed by atoms with Crippen LogP contribution in [-0.4, -0.2) is 25.1 Å². The second-order valence-electron chi connectivity index (χ2n) is 7.17. The number of quaternary nitrogens is 1. The standard InChI is InChI=1S/C24H20N6.ClH/c1-15-27-24(30-29-15)23-20-13-19(17-5-3-2-4-6-17)22(28-21(20)11-12-26-23)18-9-7-16(14-25)8-10-18;/h2-13H,14,25H2,1H3,(H,27,29,30);1H. The molecule has 0 fully saturated rings. The normalized spacial score (nSPS) is 10.8. The van der Waals surface area contributed by atoms with Crippen LogP contribution >= 0.6 is 0 Å². The zero-order chi connectivity index (χ0) is 20.5. The van der Waals surface area contributed by atoms with Gasteiger partial charge in [-0.1, -0.05) is 54.6 Å². The molecule has 0 atom stereocenters. The summed E-state index contributed by atoms with van der Waals surface area (Å²) >= 11 is 0. The second-order valence-corrected chi connectivity index (χ2v) is 7.17. The quantitative estimate of drug-likeness (QED) is 0.442. The minimum Gasteiger partial charge on any atom is -1.00 e. The number of hydrogen-bond acceptors (Lipinski definition) is 4. The van der Waals surface area contributed by atoms with Gasteiger partial charge >= 0.3 is 0 Å². The lowest BCUT2D eigenvalue weighted by Crippen LogP contribution is -3.00. The SMILES string of the molecule is Cc1nc(-c2nccc3nc(-c4ccc(C[NH3+])cc4)c(-c4ccccc4)cc23)n[nH]1.[Cl-]. The molecule has 0 aliphatic carbocycles. The highest BCUT2D eigenvalue weighted by atomic mass is 35.5. The number of pyridine rings is 2.